The van der Waals surface area contributed by atoms with Crippen molar-refractivity contribution in [2.75, 3.05) is 0 Å². The number of primary sulfonamides is 1. The molecule has 1 heterocycles. The van der Waals surface area contributed by atoms with Crippen molar-refractivity contribution in [1.82, 2.24) is 4.98 Å². The number of sulfonamides is 1. The van der Waals surface area contributed by atoms with E-state index in [1.54, 1.807) is 0 Å². The maximum Gasteiger partial charge on any atom is 0.214 e. The van der Waals surface area contributed by atoms with E-state index in [9.17, 15) is 17.9 Å². The number of hydrogen-bond acceptors (Lipinski definition) is 4. The van der Waals surface area contributed by atoms with Crippen molar-refractivity contribution in [2.24, 2.45) is 5.14 Å². The molecule has 5 nitrogen and oxygen atoms in total. The number of nitrogens with two attached hydrogens (primary N) is 1. The summed E-state index contributed by atoms with van der Waals surface area (Å²) < 4.78 is 34.4. The molecule has 84 valence electrons. The topological polar surface area (TPSA) is 93.3 Å². The van der Waals surface area contributed by atoms with E-state index in [2.05, 4.69) is 4.98 Å². The molecule has 0 aliphatic rings. The van der Waals surface area contributed by atoms with Gasteiger partial charge in [-0.15, -0.1) is 0 Å². The van der Waals surface area contributed by atoms with Gasteiger partial charge in [0.1, 0.15) is 17.2 Å². The zero-order valence-corrected chi connectivity index (χ0v) is 8.78. The van der Waals surface area contributed by atoms with E-state index < -0.39 is 27.2 Å². The fourth-order valence-electron chi connectivity index (χ4n) is 0.982. The van der Waals surface area contributed by atoms with Gasteiger partial charge in [0, 0.05) is 0 Å². The summed E-state index contributed by atoms with van der Waals surface area (Å²) in [4.78, 5) is 3.57. The molecule has 0 unspecified atom stereocenters. The fourth-order valence-corrected chi connectivity index (χ4v) is 1.48. The summed E-state index contributed by atoms with van der Waals surface area (Å²) in [6, 6.07) is 2.29. The summed E-state index contributed by atoms with van der Waals surface area (Å²) in [5.74, 6) is -0.561. The van der Waals surface area contributed by atoms with E-state index in [1.165, 1.54) is 13.0 Å². The van der Waals surface area contributed by atoms with Crippen molar-refractivity contribution in [2.45, 2.75) is 18.3 Å². The lowest BCUT2D eigenvalue weighted by Crippen LogP contribution is -2.31. The standard InChI is InChI=1S/C8H11FN2O3S/c1-5(15(10,13)14)8(12)7-3-2-6(9)4-11-7/h2-5,8,12H,1H3,(H2,10,13,14)/t5-,8+/m1/s1. The molecule has 0 spiro atoms. The van der Waals surface area contributed by atoms with Crippen molar-refractivity contribution >= 4 is 10.0 Å². The average molecular weight is 234 g/mol. The summed E-state index contributed by atoms with van der Waals surface area (Å²) in [5, 5.41) is 13.2. The lowest BCUT2D eigenvalue weighted by molar-refractivity contribution is 0.171. The van der Waals surface area contributed by atoms with Gasteiger partial charge >= 0.3 is 0 Å². The van der Waals surface area contributed by atoms with Gasteiger partial charge in [-0.2, -0.15) is 0 Å². The molecule has 0 amide bonds. The van der Waals surface area contributed by atoms with Crippen LogP contribution >= 0.6 is 0 Å². The van der Waals surface area contributed by atoms with Crippen LogP contribution in [0.5, 0.6) is 0 Å². The Morgan fingerprint density at radius 1 is 1.53 bits per heavy atom. The first kappa shape index (κ1) is 12.0. The van der Waals surface area contributed by atoms with Crippen LogP contribution < -0.4 is 5.14 Å². The molecule has 0 radical (unpaired) electrons. The Morgan fingerprint density at radius 3 is 2.53 bits per heavy atom. The molecule has 0 aliphatic heterocycles. The van der Waals surface area contributed by atoms with Crippen LogP contribution in [0.3, 0.4) is 0 Å². The van der Waals surface area contributed by atoms with Crippen molar-refractivity contribution in [3.63, 3.8) is 0 Å². The quantitative estimate of drug-likeness (QED) is 0.765. The summed E-state index contributed by atoms with van der Waals surface area (Å²) in [7, 11) is -3.84. The first-order valence-corrected chi connectivity index (χ1v) is 5.74. The largest absolute Gasteiger partial charge is 0.385 e. The maximum absolute atomic E-state index is 12.5. The predicted molar refractivity (Wildman–Crippen MR) is 51.7 cm³/mol. The number of nitrogens with zero attached hydrogens (tertiary/aromatic N) is 1. The second-order valence-corrected chi connectivity index (χ2v) is 5.06. The monoisotopic (exact) mass is 234 g/mol. The van der Waals surface area contributed by atoms with E-state index in [1.807, 2.05) is 0 Å². The molecule has 0 aliphatic carbocycles. The number of rotatable bonds is 3. The highest BCUT2D eigenvalue weighted by Gasteiger charge is 2.26. The normalized spacial score (nSPS) is 16.0. The van der Waals surface area contributed by atoms with Crippen molar-refractivity contribution < 1.29 is 17.9 Å². The lowest BCUT2D eigenvalue weighted by atomic mass is 10.2. The van der Waals surface area contributed by atoms with Crippen LogP contribution in [-0.4, -0.2) is 23.8 Å². The summed E-state index contributed by atoms with van der Waals surface area (Å²) in [6.07, 6.45) is -0.463. The number of aliphatic hydroxyl groups is 1. The fraction of sp³-hybridized carbons (Fsp3) is 0.375. The van der Waals surface area contributed by atoms with E-state index >= 15 is 0 Å². The van der Waals surface area contributed by atoms with Gasteiger partial charge in [-0.1, -0.05) is 0 Å². The van der Waals surface area contributed by atoms with Crippen LogP contribution in [0.15, 0.2) is 18.3 Å². The average Bonchev–Trinajstić information content (AvgIpc) is 2.15. The molecule has 3 N–H and O–H groups in total. The third-order valence-corrected chi connectivity index (χ3v) is 3.31. The van der Waals surface area contributed by atoms with Crippen LogP contribution in [0.1, 0.15) is 18.7 Å². The number of hydrogen-bond donors (Lipinski definition) is 2. The first-order valence-electron chi connectivity index (χ1n) is 4.13. The van der Waals surface area contributed by atoms with Gasteiger partial charge in [-0.05, 0) is 19.1 Å². The van der Waals surface area contributed by atoms with Gasteiger partial charge in [0.15, 0.2) is 0 Å². The highest BCUT2D eigenvalue weighted by molar-refractivity contribution is 7.89. The maximum atomic E-state index is 12.5. The molecular formula is C8H11FN2O3S. The van der Waals surface area contributed by atoms with Crippen LogP contribution in [0.2, 0.25) is 0 Å². The molecule has 0 bridgehead atoms. The number of pyridine rings is 1. The minimum Gasteiger partial charge on any atom is -0.385 e. The highest BCUT2D eigenvalue weighted by atomic mass is 32.2. The molecule has 1 rings (SSSR count). The Bertz CT molecular complexity index is 432. The van der Waals surface area contributed by atoms with E-state index in [0.717, 1.165) is 12.3 Å². The summed E-state index contributed by atoms with van der Waals surface area (Å²) >= 11 is 0. The van der Waals surface area contributed by atoms with Crippen LogP contribution in [0.4, 0.5) is 4.39 Å². The van der Waals surface area contributed by atoms with Gasteiger partial charge in [0.2, 0.25) is 10.0 Å². The SMILES string of the molecule is C[C@H]([C@H](O)c1ccc(F)cn1)S(N)(=O)=O. The van der Waals surface area contributed by atoms with Crippen LogP contribution in [-0.2, 0) is 10.0 Å². The van der Waals surface area contributed by atoms with Gasteiger partial charge in [-0.25, -0.2) is 17.9 Å². The third kappa shape index (κ3) is 2.95. The second kappa shape index (κ2) is 4.21. The molecule has 0 saturated carbocycles. The number of aliphatic hydroxyl groups excluding tert-OH is 1. The molecule has 7 heteroatoms. The molecule has 1 aromatic heterocycles. The van der Waals surface area contributed by atoms with E-state index in [0.29, 0.717) is 0 Å². The smallest absolute Gasteiger partial charge is 0.214 e. The number of aromatic nitrogens is 1. The van der Waals surface area contributed by atoms with Crippen LogP contribution in [0, 0.1) is 5.82 Å². The molecule has 0 fully saturated rings. The Balaban J connectivity index is 2.95. The highest BCUT2D eigenvalue weighted by Crippen LogP contribution is 2.18. The zero-order valence-electron chi connectivity index (χ0n) is 7.96. The van der Waals surface area contributed by atoms with Gasteiger partial charge < -0.3 is 5.11 Å². The van der Waals surface area contributed by atoms with Gasteiger partial charge in [0.05, 0.1) is 11.9 Å². The molecule has 2 atom stereocenters. The van der Waals surface area contributed by atoms with Gasteiger partial charge in [0.25, 0.3) is 0 Å². The Kier molecular flexibility index (Phi) is 3.38. The summed E-state index contributed by atoms with van der Waals surface area (Å²) in [5.41, 5.74) is 0.0675. The number of halogens is 1. The van der Waals surface area contributed by atoms with Crippen molar-refractivity contribution in [3.05, 3.63) is 29.8 Å². The Morgan fingerprint density at radius 2 is 2.13 bits per heavy atom. The van der Waals surface area contributed by atoms with Gasteiger partial charge in [-0.3, -0.25) is 4.98 Å². The van der Waals surface area contributed by atoms with Crippen LogP contribution in [0.25, 0.3) is 0 Å². The molecule has 0 saturated heterocycles. The first-order chi connectivity index (χ1) is 6.82. The second-order valence-electron chi connectivity index (χ2n) is 3.14. The summed E-state index contributed by atoms with van der Waals surface area (Å²) in [6.45, 7) is 1.25. The Labute approximate surface area is 86.8 Å². The lowest BCUT2D eigenvalue weighted by Gasteiger charge is -2.15. The third-order valence-electron chi connectivity index (χ3n) is 2.02. The molecule has 0 aromatic carbocycles. The van der Waals surface area contributed by atoms with Crippen molar-refractivity contribution in [1.29, 1.82) is 0 Å². The predicted octanol–water partition coefficient (Wildman–Crippen LogP) is -0.0689. The zero-order chi connectivity index (χ0) is 11.6. The molecule has 15 heavy (non-hydrogen) atoms. The molecular weight excluding hydrogens is 223 g/mol. The minimum atomic E-state index is -3.84. The van der Waals surface area contributed by atoms with E-state index in [-0.39, 0.29) is 5.69 Å². The molecule has 1 aromatic rings. The van der Waals surface area contributed by atoms with E-state index in [4.69, 9.17) is 5.14 Å². The van der Waals surface area contributed by atoms with Crippen molar-refractivity contribution in [3.8, 4) is 0 Å². The Hall–Kier alpha value is -1.05. The minimum absolute atomic E-state index is 0.0675.